The molecule has 1 aliphatic heterocycles. The second kappa shape index (κ2) is 4.26. The summed E-state index contributed by atoms with van der Waals surface area (Å²) < 4.78 is 0. The smallest absolute Gasteiger partial charge is 0.200 e. The summed E-state index contributed by atoms with van der Waals surface area (Å²) in [4.78, 5) is 11.7. The monoisotopic (exact) mass is 220 g/mol. The lowest BCUT2D eigenvalue weighted by atomic mass is 10.4. The first-order valence-corrected chi connectivity index (χ1v) is 5.19. The number of hydrogen-bond acceptors (Lipinski definition) is 3. The molecular formula is C10H16N6. The summed E-state index contributed by atoms with van der Waals surface area (Å²) in [6.07, 6.45) is -0.0367. The molecule has 0 spiro atoms. The Morgan fingerprint density at radius 2 is 2.31 bits per heavy atom. The third kappa shape index (κ3) is 2.53. The number of aromatic nitrogens is 1. The first kappa shape index (κ1) is 10.5. The maximum atomic E-state index is 5.60. The van der Waals surface area contributed by atoms with Gasteiger partial charge in [-0.25, -0.2) is 9.98 Å². The van der Waals surface area contributed by atoms with E-state index in [0.29, 0.717) is 18.5 Å². The third-order valence-corrected chi connectivity index (χ3v) is 2.22. The van der Waals surface area contributed by atoms with Crippen molar-refractivity contribution in [2.45, 2.75) is 26.6 Å². The standard InChI is InChI=1S/C10H16N6/c1-6-3-4-8(13-6)5-12-10-15-7(2)14-9(11)16-10/h3-4,7,13H,5H2,1-2H3,(H4,11,12,14,15,16). The molecule has 1 aromatic heterocycles. The Balaban J connectivity index is 2.00. The van der Waals surface area contributed by atoms with Gasteiger partial charge in [-0.3, -0.25) is 5.32 Å². The zero-order chi connectivity index (χ0) is 11.5. The van der Waals surface area contributed by atoms with Crippen molar-refractivity contribution in [3.05, 3.63) is 23.5 Å². The van der Waals surface area contributed by atoms with Crippen molar-refractivity contribution >= 4 is 11.9 Å². The van der Waals surface area contributed by atoms with Gasteiger partial charge in [0.15, 0.2) is 11.9 Å². The molecular weight excluding hydrogens is 204 g/mol. The highest BCUT2D eigenvalue weighted by Gasteiger charge is 2.11. The minimum atomic E-state index is -0.0367. The summed E-state index contributed by atoms with van der Waals surface area (Å²) in [6, 6.07) is 4.04. The third-order valence-electron chi connectivity index (χ3n) is 2.22. The predicted molar refractivity (Wildman–Crippen MR) is 64.0 cm³/mol. The maximum absolute atomic E-state index is 5.60. The number of aryl methyl sites for hydroxylation is 1. The molecule has 6 nitrogen and oxygen atoms in total. The van der Waals surface area contributed by atoms with Gasteiger partial charge in [-0.15, -0.1) is 0 Å². The molecule has 0 radical (unpaired) electrons. The molecule has 0 aliphatic carbocycles. The highest BCUT2D eigenvalue weighted by molar-refractivity contribution is 5.99. The fourth-order valence-electron chi connectivity index (χ4n) is 1.53. The van der Waals surface area contributed by atoms with Gasteiger partial charge < -0.3 is 16.0 Å². The van der Waals surface area contributed by atoms with Crippen molar-refractivity contribution < 1.29 is 0 Å². The Morgan fingerprint density at radius 1 is 1.50 bits per heavy atom. The molecule has 1 atom stereocenters. The van der Waals surface area contributed by atoms with Crippen LogP contribution in [0.3, 0.4) is 0 Å². The first-order valence-electron chi connectivity index (χ1n) is 5.19. The SMILES string of the molecule is Cc1ccc(CN=C2NC(N)=NC(C)N2)[nH]1. The Hall–Kier alpha value is -1.98. The van der Waals surface area contributed by atoms with Crippen LogP contribution in [0.2, 0.25) is 0 Å². The van der Waals surface area contributed by atoms with Crippen LogP contribution in [0.25, 0.3) is 0 Å². The summed E-state index contributed by atoms with van der Waals surface area (Å²) in [6.45, 7) is 4.52. The minimum absolute atomic E-state index is 0.0367. The fourth-order valence-corrected chi connectivity index (χ4v) is 1.53. The van der Waals surface area contributed by atoms with Crippen molar-refractivity contribution in [3.63, 3.8) is 0 Å². The van der Waals surface area contributed by atoms with Gasteiger partial charge in [-0.05, 0) is 26.0 Å². The van der Waals surface area contributed by atoms with Crippen molar-refractivity contribution in [1.29, 1.82) is 0 Å². The lowest BCUT2D eigenvalue weighted by Gasteiger charge is -2.20. The molecule has 5 N–H and O–H groups in total. The Kier molecular flexibility index (Phi) is 2.80. The van der Waals surface area contributed by atoms with Gasteiger partial charge in [-0.2, -0.15) is 0 Å². The molecule has 0 fully saturated rings. The fraction of sp³-hybridized carbons (Fsp3) is 0.400. The number of aliphatic imine (C=N–C) groups is 2. The normalized spacial score (nSPS) is 22.5. The van der Waals surface area contributed by atoms with Gasteiger partial charge in [0.25, 0.3) is 0 Å². The highest BCUT2D eigenvalue weighted by Crippen LogP contribution is 2.01. The number of guanidine groups is 2. The van der Waals surface area contributed by atoms with E-state index in [1.165, 1.54) is 0 Å². The molecule has 6 heteroatoms. The molecule has 0 aromatic carbocycles. The van der Waals surface area contributed by atoms with E-state index >= 15 is 0 Å². The van der Waals surface area contributed by atoms with Gasteiger partial charge in [0.2, 0.25) is 0 Å². The molecule has 2 heterocycles. The number of nitrogens with one attached hydrogen (secondary N) is 3. The van der Waals surface area contributed by atoms with Gasteiger partial charge in [0.05, 0.1) is 6.54 Å². The van der Waals surface area contributed by atoms with E-state index in [9.17, 15) is 0 Å². The summed E-state index contributed by atoms with van der Waals surface area (Å²) in [5, 5.41) is 5.96. The molecule has 0 saturated heterocycles. The van der Waals surface area contributed by atoms with Crippen LogP contribution in [-0.2, 0) is 6.54 Å². The average Bonchev–Trinajstić information content (AvgIpc) is 2.60. The molecule has 1 aromatic rings. The van der Waals surface area contributed by atoms with Crippen molar-refractivity contribution in [1.82, 2.24) is 15.6 Å². The number of nitrogens with zero attached hydrogens (tertiary/aromatic N) is 2. The van der Waals surface area contributed by atoms with Crippen LogP contribution in [0.15, 0.2) is 22.1 Å². The van der Waals surface area contributed by atoms with Gasteiger partial charge in [0.1, 0.15) is 6.17 Å². The summed E-state index contributed by atoms with van der Waals surface area (Å²) in [5.74, 6) is 1.06. The van der Waals surface area contributed by atoms with Crippen LogP contribution < -0.4 is 16.4 Å². The highest BCUT2D eigenvalue weighted by atomic mass is 15.3. The van der Waals surface area contributed by atoms with Gasteiger partial charge in [-0.1, -0.05) is 0 Å². The van der Waals surface area contributed by atoms with Crippen LogP contribution in [0, 0.1) is 6.92 Å². The zero-order valence-electron chi connectivity index (χ0n) is 9.41. The summed E-state index contributed by atoms with van der Waals surface area (Å²) in [7, 11) is 0. The summed E-state index contributed by atoms with van der Waals surface area (Å²) >= 11 is 0. The Morgan fingerprint density at radius 3 is 2.94 bits per heavy atom. The minimum Gasteiger partial charge on any atom is -0.370 e. The van der Waals surface area contributed by atoms with Crippen molar-refractivity contribution in [2.75, 3.05) is 0 Å². The topological polar surface area (TPSA) is 90.6 Å². The predicted octanol–water partition coefficient (Wildman–Crippen LogP) is 0.0326. The second-order valence-electron chi connectivity index (χ2n) is 3.79. The Bertz CT molecular complexity index is 430. The van der Waals surface area contributed by atoms with Crippen LogP contribution in [0.5, 0.6) is 0 Å². The van der Waals surface area contributed by atoms with E-state index in [4.69, 9.17) is 5.73 Å². The maximum Gasteiger partial charge on any atom is 0.200 e. The van der Waals surface area contributed by atoms with E-state index < -0.39 is 0 Å². The van der Waals surface area contributed by atoms with Gasteiger partial charge in [0, 0.05) is 11.4 Å². The molecule has 86 valence electrons. The van der Waals surface area contributed by atoms with E-state index in [-0.39, 0.29) is 6.17 Å². The average molecular weight is 220 g/mol. The largest absolute Gasteiger partial charge is 0.370 e. The van der Waals surface area contributed by atoms with Gasteiger partial charge >= 0.3 is 0 Å². The molecule has 1 unspecified atom stereocenters. The molecule has 2 rings (SSSR count). The van der Waals surface area contributed by atoms with Crippen molar-refractivity contribution in [3.8, 4) is 0 Å². The number of H-pyrrole nitrogens is 1. The molecule has 0 amide bonds. The number of rotatable bonds is 2. The Labute approximate surface area is 94.1 Å². The molecule has 1 aliphatic rings. The lowest BCUT2D eigenvalue weighted by molar-refractivity contribution is 0.663. The lowest BCUT2D eigenvalue weighted by Crippen LogP contribution is -2.52. The molecule has 16 heavy (non-hydrogen) atoms. The van der Waals surface area contributed by atoms with E-state index in [2.05, 4.69) is 25.6 Å². The number of aromatic amines is 1. The second-order valence-corrected chi connectivity index (χ2v) is 3.79. The molecule has 0 bridgehead atoms. The zero-order valence-corrected chi connectivity index (χ0v) is 9.41. The van der Waals surface area contributed by atoms with Crippen molar-refractivity contribution in [2.24, 2.45) is 15.7 Å². The molecule has 0 saturated carbocycles. The van der Waals surface area contributed by atoms with Crippen LogP contribution in [-0.4, -0.2) is 23.1 Å². The van der Waals surface area contributed by atoms with E-state index in [0.717, 1.165) is 11.4 Å². The van der Waals surface area contributed by atoms with Crippen LogP contribution in [0.1, 0.15) is 18.3 Å². The first-order chi connectivity index (χ1) is 7.63. The number of nitrogens with two attached hydrogens (primary N) is 1. The van der Waals surface area contributed by atoms with Crippen LogP contribution in [0.4, 0.5) is 0 Å². The van der Waals surface area contributed by atoms with E-state index in [1.807, 2.05) is 26.0 Å². The summed E-state index contributed by atoms with van der Waals surface area (Å²) in [5.41, 5.74) is 7.80. The number of hydrogen-bond donors (Lipinski definition) is 4. The quantitative estimate of drug-likeness (QED) is 0.567. The van der Waals surface area contributed by atoms with E-state index in [1.54, 1.807) is 0 Å². The van der Waals surface area contributed by atoms with Crippen LogP contribution >= 0.6 is 0 Å².